The number of nitrogens with zero attached hydrogens (tertiary/aromatic N) is 3. The Labute approximate surface area is 164 Å². The van der Waals surface area contributed by atoms with Gasteiger partial charge in [0.1, 0.15) is 0 Å². The van der Waals surface area contributed by atoms with Gasteiger partial charge in [-0.1, -0.05) is 60.7 Å². The van der Waals surface area contributed by atoms with E-state index in [-0.39, 0.29) is 0 Å². The Morgan fingerprint density at radius 1 is 0.815 bits per heavy atom. The molecule has 2 aliphatic heterocycles. The smallest absolute Gasteiger partial charge is 0.0602 e. The molecule has 0 unspecified atom stereocenters. The van der Waals surface area contributed by atoms with Crippen LogP contribution in [0.25, 0.3) is 0 Å². The molecule has 3 nitrogen and oxygen atoms in total. The van der Waals surface area contributed by atoms with Crippen molar-refractivity contribution in [3.05, 3.63) is 71.8 Å². The minimum Gasteiger partial charge on any atom is -0.303 e. The van der Waals surface area contributed by atoms with Crippen LogP contribution in [0.3, 0.4) is 0 Å². The predicted molar refractivity (Wildman–Crippen MR) is 113 cm³/mol. The predicted octanol–water partition coefficient (Wildman–Crippen LogP) is 3.88. The number of hydrogen-bond donors (Lipinski definition) is 0. The molecule has 2 aromatic carbocycles. The van der Waals surface area contributed by atoms with Crippen molar-refractivity contribution in [2.45, 2.75) is 31.3 Å². The first-order chi connectivity index (χ1) is 13.3. The first-order valence-corrected chi connectivity index (χ1v) is 10.6. The van der Waals surface area contributed by atoms with Gasteiger partial charge in [0, 0.05) is 32.2 Å². The van der Waals surface area contributed by atoms with E-state index in [0.29, 0.717) is 6.04 Å². The molecular weight excluding hydrogens is 330 g/mol. The second-order valence-corrected chi connectivity index (χ2v) is 8.17. The van der Waals surface area contributed by atoms with E-state index in [1.807, 2.05) is 0 Å². The molecular formula is C24H33N3. The van der Waals surface area contributed by atoms with Crippen LogP contribution in [0.2, 0.25) is 0 Å². The molecule has 0 amide bonds. The van der Waals surface area contributed by atoms with Crippen LogP contribution in [0.15, 0.2) is 60.7 Å². The minimum atomic E-state index is 0.371. The van der Waals surface area contributed by atoms with E-state index in [1.165, 1.54) is 56.6 Å². The quantitative estimate of drug-likeness (QED) is 0.771. The van der Waals surface area contributed by atoms with Gasteiger partial charge in [-0.3, -0.25) is 4.90 Å². The Balaban J connectivity index is 1.38. The fourth-order valence-electron chi connectivity index (χ4n) is 4.81. The molecule has 3 heteroatoms. The fourth-order valence-corrected chi connectivity index (χ4v) is 4.81. The zero-order valence-corrected chi connectivity index (χ0v) is 16.6. The van der Waals surface area contributed by atoms with E-state index in [0.717, 1.165) is 19.1 Å². The highest BCUT2D eigenvalue weighted by molar-refractivity contribution is 5.31. The molecule has 2 aromatic rings. The first-order valence-electron chi connectivity index (χ1n) is 10.6. The zero-order valence-electron chi connectivity index (χ0n) is 16.6. The second-order valence-electron chi connectivity index (χ2n) is 8.17. The summed E-state index contributed by atoms with van der Waals surface area (Å²) in [5.74, 6) is 0. The van der Waals surface area contributed by atoms with Gasteiger partial charge >= 0.3 is 0 Å². The molecule has 0 N–H and O–H groups in total. The van der Waals surface area contributed by atoms with E-state index in [4.69, 9.17) is 0 Å². The van der Waals surface area contributed by atoms with Crippen molar-refractivity contribution < 1.29 is 0 Å². The number of benzene rings is 2. The third kappa shape index (κ3) is 4.60. The standard InChI is InChI=1S/C24H33N3/c1-25-15-8-13-23(25)14-16-26-17-19-27(20-18-26)24(21-9-4-2-5-10-21)22-11-6-3-7-12-22/h2-7,9-12,23-24H,8,13-20H2,1H3/t23-/m1/s1. The van der Waals surface area contributed by atoms with Crippen molar-refractivity contribution in [1.29, 1.82) is 0 Å². The van der Waals surface area contributed by atoms with E-state index in [2.05, 4.69) is 82.4 Å². The summed E-state index contributed by atoms with van der Waals surface area (Å²) in [6.07, 6.45) is 4.10. The van der Waals surface area contributed by atoms with Crippen molar-refractivity contribution in [1.82, 2.24) is 14.7 Å². The fraction of sp³-hybridized carbons (Fsp3) is 0.500. The van der Waals surface area contributed by atoms with Crippen LogP contribution in [0, 0.1) is 0 Å². The second kappa shape index (κ2) is 9.01. The highest BCUT2D eigenvalue weighted by Crippen LogP contribution is 2.29. The maximum absolute atomic E-state index is 2.68. The van der Waals surface area contributed by atoms with Crippen LogP contribution in [0.1, 0.15) is 36.4 Å². The SMILES string of the molecule is CN1CCC[C@@H]1CCN1CCN(C(c2ccccc2)c2ccccc2)CC1. The van der Waals surface area contributed by atoms with Gasteiger partial charge in [-0.25, -0.2) is 0 Å². The van der Waals surface area contributed by atoms with Crippen molar-refractivity contribution >= 4 is 0 Å². The normalized spacial score (nSPS) is 22.5. The van der Waals surface area contributed by atoms with Crippen molar-refractivity contribution in [3.8, 4) is 0 Å². The van der Waals surface area contributed by atoms with Gasteiger partial charge < -0.3 is 9.80 Å². The Hall–Kier alpha value is -1.68. The van der Waals surface area contributed by atoms with E-state index in [9.17, 15) is 0 Å². The average molecular weight is 364 g/mol. The summed E-state index contributed by atoms with van der Waals surface area (Å²) in [5.41, 5.74) is 2.81. The summed E-state index contributed by atoms with van der Waals surface area (Å²) in [6.45, 7) is 7.21. The summed E-state index contributed by atoms with van der Waals surface area (Å²) >= 11 is 0. The molecule has 0 aromatic heterocycles. The molecule has 0 radical (unpaired) electrons. The molecule has 0 bridgehead atoms. The maximum Gasteiger partial charge on any atom is 0.0602 e. The summed E-state index contributed by atoms with van der Waals surface area (Å²) in [7, 11) is 2.29. The zero-order chi connectivity index (χ0) is 18.5. The van der Waals surface area contributed by atoms with Crippen LogP contribution in [-0.4, -0.2) is 67.1 Å². The van der Waals surface area contributed by atoms with Crippen molar-refractivity contribution in [3.63, 3.8) is 0 Å². The van der Waals surface area contributed by atoms with Gasteiger partial charge in [-0.15, -0.1) is 0 Å². The molecule has 2 fully saturated rings. The van der Waals surface area contributed by atoms with Crippen LogP contribution in [-0.2, 0) is 0 Å². The van der Waals surface area contributed by atoms with Crippen LogP contribution in [0.5, 0.6) is 0 Å². The first kappa shape index (κ1) is 18.7. The van der Waals surface area contributed by atoms with Gasteiger partial charge in [0.2, 0.25) is 0 Å². The molecule has 0 saturated carbocycles. The molecule has 2 aliphatic rings. The number of piperazine rings is 1. The van der Waals surface area contributed by atoms with Crippen LogP contribution in [0.4, 0.5) is 0 Å². The van der Waals surface area contributed by atoms with Crippen LogP contribution >= 0.6 is 0 Å². The molecule has 2 saturated heterocycles. The number of rotatable bonds is 6. The molecule has 4 rings (SSSR count). The molecule has 144 valence electrons. The molecule has 0 aliphatic carbocycles. The van der Waals surface area contributed by atoms with Gasteiger partial charge in [-0.05, 0) is 50.5 Å². The summed E-state index contributed by atoms with van der Waals surface area (Å²) in [4.78, 5) is 7.90. The highest BCUT2D eigenvalue weighted by atomic mass is 15.3. The highest BCUT2D eigenvalue weighted by Gasteiger charge is 2.27. The number of hydrogen-bond acceptors (Lipinski definition) is 3. The lowest BCUT2D eigenvalue weighted by Crippen LogP contribution is -2.48. The largest absolute Gasteiger partial charge is 0.303 e. The Kier molecular flexibility index (Phi) is 6.23. The Bertz CT molecular complexity index is 640. The molecule has 1 atom stereocenters. The Morgan fingerprint density at radius 3 is 1.93 bits per heavy atom. The Morgan fingerprint density at radius 2 is 1.41 bits per heavy atom. The molecule has 0 spiro atoms. The van der Waals surface area contributed by atoms with Gasteiger partial charge in [0.05, 0.1) is 6.04 Å². The lowest BCUT2D eigenvalue weighted by atomic mass is 9.96. The topological polar surface area (TPSA) is 9.72 Å². The van der Waals surface area contributed by atoms with Crippen molar-refractivity contribution in [2.24, 2.45) is 0 Å². The van der Waals surface area contributed by atoms with E-state index in [1.54, 1.807) is 0 Å². The van der Waals surface area contributed by atoms with Gasteiger partial charge in [-0.2, -0.15) is 0 Å². The number of likely N-dealkylation sites (tertiary alicyclic amines) is 1. The monoisotopic (exact) mass is 363 g/mol. The summed E-state index contributed by atoms with van der Waals surface area (Å²) in [6, 6.07) is 23.2. The minimum absolute atomic E-state index is 0.371. The average Bonchev–Trinajstić information content (AvgIpc) is 3.14. The van der Waals surface area contributed by atoms with Crippen LogP contribution < -0.4 is 0 Å². The van der Waals surface area contributed by atoms with E-state index >= 15 is 0 Å². The maximum atomic E-state index is 2.68. The van der Waals surface area contributed by atoms with E-state index < -0.39 is 0 Å². The van der Waals surface area contributed by atoms with Gasteiger partial charge in [0.25, 0.3) is 0 Å². The van der Waals surface area contributed by atoms with Gasteiger partial charge in [0.15, 0.2) is 0 Å². The third-order valence-electron chi connectivity index (χ3n) is 6.45. The summed E-state index contributed by atoms with van der Waals surface area (Å²) in [5, 5.41) is 0. The lowest BCUT2D eigenvalue weighted by Gasteiger charge is -2.40. The van der Waals surface area contributed by atoms with Crippen molar-refractivity contribution in [2.75, 3.05) is 46.3 Å². The molecule has 2 heterocycles. The summed E-state index contributed by atoms with van der Waals surface area (Å²) < 4.78 is 0. The lowest BCUT2D eigenvalue weighted by molar-refractivity contribution is 0.103. The molecule has 27 heavy (non-hydrogen) atoms. The third-order valence-corrected chi connectivity index (χ3v) is 6.45.